The van der Waals surface area contributed by atoms with E-state index in [2.05, 4.69) is 21.2 Å². The minimum atomic E-state index is 0.407. The number of thioether (sulfide) groups is 1. The van der Waals surface area contributed by atoms with Gasteiger partial charge in [-0.25, -0.2) is 0 Å². The molecule has 0 spiro atoms. The maximum atomic E-state index is 5.84. The third-order valence-electron chi connectivity index (χ3n) is 2.62. The van der Waals surface area contributed by atoms with Gasteiger partial charge in [0.05, 0.1) is 0 Å². The zero-order valence-corrected chi connectivity index (χ0v) is 13.5. The summed E-state index contributed by atoms with van der Waals surface area (Å²) >= 11 is 10.2. The van der Waals surface area contributed by atoms with Gasteiger partial charge in [-0.2, -0.15) is 0 Å². The molecule has 0 bridgehead atoms. The lowest BCUT2D eigenvalue weighted by molar-refractivity contribution is 1.40. The molecule has 0 aliphatic heterocycles. The van der Waals surface area contributed by atoms with Crippen molar-refractivity contribution in [2.45, 2.75) is 4.90 Å². The van der Waals surface area contributed by atoms with Gasteiger partial charge in [-0.15, -0.1) is 11.8 Å². The molecule has 0 fully saturated rings. The van der Waals surface area contributed by atoms with Gasteiger partial charge in [0.2, 0.25) is 0 Å². The number of nitrogens with one attached hydrogen (secondary N) is 1. The predicted molar refractivity (Wildman–Crippen MR) is 91.5 cm³/mol. The van der Waals surface area contributed by atoms with Gasteiger partial charge in [0.15, 0.2) is 0 Å². The number of halogens is 1. The zero-order valence-electron chi connectivity index (χ0n) is 10.3. The molecule has 0 radical (unpaired) electrons. The van der Waals surface area contributed by atoms with Gasteiger partial charge in [-0.05, 0) is 42.7 Å². The van der Waals surface area contributed by atoms with Crippen LogP contribution in [-0.4, -0.2) is 11.2 Å². The van der Waals surface area contributed by atoms with Crippen LogP contribution in [0.25, 0.3) is 0 Å². The van der Waals surface area contributed by atoms with Crippen molar-refractivity contribution in [1.29, 1.82) is 0 Å². The van der Waals surface area contributed by atoms with E-state index in [1.807, 2.05) is 48.7 Å². The Morgan fingerprint density at radius 2 is 1.89 bits per heavy atom. The van der Waals surface area contributed by atoms with Crippen LogP contribution in [0.15, 0.2) is 51.8 Å². The van der Waals surface area contributed by atoms with Crippen molar-refractivity contribution in [3.05, 3.63) is 52.5 Å². The second-order valence-electron chi connectivity index (χ2n) is 3.88. The van der Waals surface area contributed by atoms with E-state index in [-0.39, 0.29) is 0 Å². The van der Waals surface area contributed by atoms with Crippen molar-refractivity contribution in [3.63, 3.8) is 0 Å². The zero-order chi connectivity index (χ0) is 13.8. The standard InChI is InChI=1S/C14H13BrN2S2/c1-19-12-4-2-3-11(13(12)14(16)18)17-10-7-5-9(15)6-8-10/h2-8,17H,1H3,(H2,16,18). The average Bonchev–Trinajstić information content (AvgIpc) is 2.40. The van der Waals surface area contributed by atoms with E-state index in [1.165, 1.54) is 0 Å². The Balaban J connectivity index is 2.39. The number of benzene rings is 2. The van der Waals surface area contributed by atoms with Gasteiger partial charge < -0.3 is 11.1 Å². The Bertz CT molecular complexity index is 597. The van der Waals surface area contributed by atoms with E-state index < -0.39 is 0 Å². The second kappa shape index (κ2) is 6.41. The van der Waals surface area contributed by atoms with Crippen LogP contribution in [0.4, 0.5) is 11.4 Å². The van der Waals surface area contributed by atoms with Crippen molar-refractivity contribution in [2.75, 3.05) is 11.6 Å². The summed E-state index contributed by atoms with van der Waals surface area (Å²) in [6.07, 6.45) is 2.01. The molecule has 2 rings (SSSR count). The lowest BCUT2D eigenvalue weighted by Gasteiger charge is -2.14. The van der Waals surface area contributed by atoms with E-state index in [4.69, 9.17) is 18.0 Å². The normalized spacial score (nSPS) is 10.2. The van der Waals surface area contributed by atoms with Crippen LogP contribution in [0.2, 0.25) is 0 Å². The Morgan fingerprint density at radius 1 is 1.21 bits per heavy atom. The highest BCUT2D eigenvalue weighted by molar-refractivity contribution is 9.10. The summed E-state index contributed by atoms with van der Waals surface area (Å²) in [4.78, 5) is 1.49. The molecule has 0 aliphatic carbocycles. The second-order valence-corrected chi connectivity index (χ2v) is 6.08. The number of hydrogen-bond donors (Lipinski definition) is 2. The first kappa shape index (κ1) is 14.4. The molecular weight excluding hydrogens is 340 g/mol. The Morgan fingerprint density at radius 3 is 2.47 bits per heavy atom. The molecule has 19 heavy (non-hydrogen) atoms. The highest BCUT2D eigenvalue weighted by Gasteiger charge is 2.10. The molecule has 0 saturated carbocycles. The molecule has 98 valence electrons. The summed E-state index contributed by atoms with van der Waals surface area (Å²) in [7, 11) is 0. The Labute approximate surface area is 130 Å². The summed E-state index contributed by atoms with van der Waals surface area (Å²) in [6, 6.07) is 14.0. The SMILES string of the molecule is CSc1cccc(Nc2ccc(Br)cc2)c1C(N)=S. The number of hydrogen-bond acceptors (Lipinski definition) is 3. The number of nitrogens with two attached hydrogens (primary N) is 1. The summed E-state index contributed by atoms with van der Waals surface area (Å²) in [5.41, 5.74) is 8.67. The van der Waals surface area contributed by atoms with E-state index >= 15 is 0 Å². The van der Waals surface area contributed by atoms with Crippen LogP contribution >= 0.6 is 39.9 Å². The van der Waals surface area contributed by atoms with Crippen LogP contribution in [0, 0.1) is 0 Å². The summed E-state index contributed by atoms with van der Waals surface area (Å²) in [5.74, 6) is 0. The molecule has 2 nitrogen and oxygen atoms in total. The Hall–Kier alpha value is -1.04. The fraction of sp³-hybridized carbons (Fsp3) is 0.0714. The largest absolute Gasteiger partial charge is 0.389 e. The smallest absolute Gasteiger partial charge is 0.107 e. The van der Waals surface area contributed by atoms with E-state index in [1.54, 1.807) is 11.8 Å². The van der Waals surface area contributed by atoms with Crippen molar-refractivity contribution in [1.82, 2.24) is 0 Å². The molecule has 0 atom stereocenters. The lowest BCUT2D eigenvalue weighted by atomic mass is 10.1. The maximum Gasteiger partial charge on any atom is 0.107 e. The highest BCUT2D eigenvalue weighted by Crippen LogP contribution is 2.29. The summed E-state index contributed by atoms with van der Waals surface area (Å²) < 4.78 is 1.05. The van der Waals surface area contributed by atoms with Crippen molar-refractivity contribution in [2.24, 2.45) is 5.73 Å². The highest BCUT2D eigenvalue weighted by atomic mass is 79.9. The topological polar surface area (TPSA) is 38.0 Å². The van der Waals surface area contributed by atoms with Crippen LogP contribution in [0.5, 0.6) is 0 Å². The molecule has 3 N–H and O–H groups in total. The van der Waals surface area contributed by atoms with Crippen LogP contribution < -0.4 is 11.1 Å². The summed E-state index contributed by atoms with van der Waals surface area (Å²) in [6.45, 7) is 0. The fourth-order valence-electron chi connectivity index (χ4n) is 1.75. The van der Waals surface area contributed by atoms with E-state index in [0.29, 0.717) is 4.99 Å². The van der Waals surface area contributed by atoms with Gasteiger partial charge in [0, 0.05) is 26.3 Å². The van der Waals surface area contributed by atoms with Gasteiger partial charge in [-0.3, -0.25) is 0 Å². The van der Waals surface area contributed by atoms with Crippen LogP contribution in [0.1, 0.15) is 5.56 Å². The summed E-state index contributed by atoms with van der Waals surface area (Å²) in [5, 5.41) is 3.35. The number of thiocarbonyl (C=S) groups is 1. The number of rotatable bonds is 4. The third-order valence-corrected chi connectivity index (χ3v) is 4.13. The molecule has 0 aliphatic rings. The Kier molecular flexibility index (Phi) is 4.85. The average molecular weight is 353 g/mol. The predicted octanol–water partition coefficient (Wildman–Crippen LogP) is 4.55. The molecule has 0 amide bonds. The number of anilines is 2. The molecule has 0 unspecified atom stereocenters. The minimum absolute atomic E-state index is 0.407. The maximum absolute atomic E-state index is 5.84. The quantitative estimate of drug-likeness (QED) is 0.625. The van der Waals surface area contributed by atoms with Gasteiger partial charge in [0.1, 0.15) is 4.99 Å². The van der Waals surface area contributed by atoms with Gasteiger partial charge in [-0.1, -0.05) is 34.2 Å². The molecule has 2 aromatic carbocycles. The van der Waals surface area contributed by atoms with Crippen molar-refractivity contribution >= 4 is 56.3 Å². The van der Waals surface area contributed by atoms with Gasteiger partial charge in [0.25, 0.3) is 0 Å². The molecule has 2 aromatic rings. The fourth-order valence-corrected chi connectivity index (χ4v) is 2.94. The minimum Gasteiger partial charge on any atom is -0.389 e. The molecule has 5 heteroatoms. The van der Waals surface area contributed by atoms with E-state index in [0.717, 1.165) is 26.3 Å². The molecular formula is C14H13BrN2S2. The van der Waals surface area contributed by atoms with Crippen molar-refractivity contribution in [3.8, 4) is 0 Å². The lowest BCUT2D eigenvalue weighted by Crippen LogP contribution is -2.13. The molecule has 0 heterocycles. The van der Waals surface area contributed by atoms with Gasteiger partial charge >= 0.3 is 0 Å². The molecule has 0 saturated heterocycles. The first-order chi connectivity index (χ1) is 9.11. The van der Waals surface area contributed by atoms with Crippen molar-refractivity contribution < 1.29 is 0 Å². The monoisotopic (exact) mass is 352 g/mol. The first-order valence-electron chi connectivity index (χ1n) is 5.61. The van der Waals surface area contributed by atoms with E-state index in [9.17, 15) is 0 Å². The first-order valence-corrected chi connectivity index (χ1v) is 8.04. The van der Waals surface area contributed by atoms with Crippen LogP contribution in [0.3, 0.4) is 0 Å². The molecule has 0 aromatic heterocycles. The third kappa shape index (κ3) is 3.49. The van der Waals surface area contributed by atoms with Crippen LogP contribution in [-0.2, 0) is 0 Å².